The van der Waals surface area contributed by atoms with Crippen LogP contribution in [0.15, 0.2) is 24.5 Å². The second-order valence-electron chi connectivity index (χ2n) is 2.46. The van der Waals surface area contributed by atoms with Gasteiger partial charge in [-0.25, -0.2) is 0 Å². The quantitative estimate of drug-likeness (QED) is 0.608. The largest absolute Gasteiger partial charge is 0.508 e. The molecule has 0 aromatic heterocycles. The maximum atomic E-state index is 9.34. The zero-order chi connectivity index (χ0) is 7.68. The number of hydrogen-bond acceptors (Lipinski definition) is 2. The smallest absolute Gasteiger partial charge is 0.122 e. The molecule has 1 heterocycles. The molecule has 0 amide bonds. The molecule has 0 saturated heterocycles. The highest BCUT2D eigenvalue weighted by molar-refractivity contribution is 5.58. The van der Waals surface area contributed by atoms with Gasteiger partial charge in [-0.2, -0.15) is 0 Å². The Balaban J connectivity index is 2.60. The third-order valence-corrected chi connectivity index (χ3v) is 1.76. The van der Waals surface area contributed by atoms with Crippen molar-refractivity contribution in [2.75, 3.05) is 0 Å². The number of rotatable bonds is 0. The van der Waals surface area contributed by atoms with E-state index in [1.807, 2.05) is 18.2 Å². The molecule has 0 unspecified atom stereocenters. The molecule has 1 N–H and O–H groups in total. The normalized spacial score (nSPS) is 13.8. The third-order valence-electron chi connectivity index (χ3n) is 1.76. The summed E-state index contributed by atoms with van der Waals surface area (Å²) >= 11 is 0. The second kappa shape index (κ2) is 2.31. The molecule has 0 radical (unpaired) electrons. The Bertz CT molecular complexity index is 302. The van der Waals surface area contributed by atoms with Crippen LogP contribution in [0.25, 0.3) is 6.08 Å². The van der Waals surface area contributed by atoms with Crippen LogP contribution in [-0.2, 0) is 11.3 Å². The van der Waals surface area contributed by atoms with Crippen molar-refractivity contribution in [3.63, 3.8) is 0 Å². The van der Waals surface area contributed by atoms with E-state index in [9.17, 15) is 5.11 Å². The summed E-state index contributed by atoms with van der Waals surface area (Å²) < 4.78 is 5.04. The number of phenolic OH excluding ortho intramolecular Hbond substituents is 1. The Hall–Kier alpha value is -1.44. The number of benzene rings is 1. The van der Waals surface area contributed by atoms with Crippen molar-refractivity contribution < 1.29 is 9.84 Å². The Morgan fingerprint density at radius 2 is 2.27 bits per heavy atom. The van der Waals surface area contributed by atoms with Crippen molar-refractivity contribution in [1.29, 1.82) is 0 Å². The molecule has 0 fully saturated rings. The van der Waals surface area contributed by atoms with E-state index in [0.29, 0.717) is 12.4 Å². The molecule has 1 aliphatic rings. The molecule has 1 aliphatic heterocycles. The lowest BCUT2D eigenvalue weighted by Crippen LogP contribution is -1.95. The van der Waals surface area contributed by atoms with Gasteiger partial charge in [0.1, 0.15) is 12.4 Å². The summed E-state index contributed by atoms with van der Waals surface area (Å²) in [4.78, 5) is 0. The predicted molar refractivity (Wildman–Crippen MR) is 41.9 cm³/mol. The molecule has 56 valence electrons. The predicted octanol–water partition coefficient (Wildman–Crippen LogP) is 1.89. The standard InChI is InChI=1S/C9H8O2/c10-9-3-1-2-7-4-5-11-6-8(7)9/h1-5,10H,6H2. The van der Waals surface area contributed by atoms with Crippen LogP contribution >= 0.6 is 0 Å². The fourth-order valence-electron chi connectivity index (χ4n) is 1.16. The number of phenols is 1. The van der Waals surface area contributed by atoms with Crippen LogP contribution in [0.1, 0.15) is 11.1 Å². The van der Waals surface area contributed by atoms with E-state index in [1.165, 1.54) is 0 Å². The average molecular weight is 148 g/mol. The van der Waals surface area contributed by atoms with Crippen molar-refractivity contribution >= 4 is 6.08 Å². The van der Waals surface area contributed by atoms with Crippen LogP contribution in [0, 0.1) is 0 Å². The van der Waals surface area contributed by atoms with Gasteiger partial charge in [0.25, 0.3) is 0 Å². The molecule has 2 rings (SSSR count). The number of ether oxygens (including phenoxy) is 1. The lowest BCUT2D eigenvalue weighted by molar-refractivity contribution is 0.230. The Morgan fingerprint density at radius 3 is 3.09 bits per heavy atom. The fraction of sp³-hybridized carbons (Fsp3) is 0.111. The van der Waals surface area contributed by atoms with Gasteiger partial charge in [0.05, 0.1) is 6.26 Å². The third kappa shape index (κ3) is 0.963. The molecule has 2 heteroatoms. The van der Waals surface area contributed by atoms with Crippen molar-refractivity contribution in [2.24, 2.45) is 0 Å². The molecule has 1 aromatic rings. The zero-order valence-electron chi connectivity index (χ0n) is 5.95. The molecular formula is C9H8O2. The molecule has 0 atom stereocenters. The lowest BCUT2D eigenvalue weighted by atomic mass is 10.1. The second-order valence-corrected chi connectivity index (χ2v) is 2.46. The molecule has 11 heavy (non-hydrogen) atoms. The van der Waals surface area contributed by atoms with Gasteiger partial charge in [-0.15, -0.1) is 0 Å². The summed E-state index contributed by atoms with van der Waals surface area (Å²) in [5.41, 5.74) is 1.91. The number of fused-ring (bicyclic) bond motifs is 1. The van der Waals surface area contributed by atoms with Crippen LogP contribution in [-0.4, -0.2) is 5.11 Å². The number of aromatic hydroxyl groups is 1. The van der Waals surface area contributed by atoms with Gasteiger partial charge in [-0.3, -0.25) is 0 Å². The van der Waals surface area contributed by atoms with Gasteiger partial charge in [-0.05, 0) is 17.7 Å². The van der Waals surface area contributed by atoms with Gasteiger partial charge in [-0.1, -0.05) is 12.1 Å². The molecule has 0 saturated carbocycles. The van der Waals surface area contributed by atoms with E-state index >= 15 is 0 Å². The Labute approximate surface area is 64.7 Å². The Morgan fingerprint density at radius 1 is 1.36 bits per heavy atom. The lowest BCUT2D eigenvalue weighted by Gasteiger charge is -2.11. The maximum Gasteiger partial charge on any atom is 0.122 e. The highest BCUT2D eigenvalue weighted by atomic mass is 16.5. The van der Waals surface area contributed by atoms with Crippen LogP contribution in [0.2, 0.25) is 0 Å². The minimum Gasteiger partial charge on any atom is -0.508 e. The van der Waals surface area contributed by atoms with Gasteiger partial charge < -0.3 is 9.84 Å². The fourth-order valence-corrected chi connectivity index (χ4v) is 1.16. The summed E-state index contributed by atoms with van der Waals surface area (Å²) in [6.07, 6.45) is 3.49. The van der Waals surface area contributed by atoms with Crippen molar-refractivity contribution in [3.8, 4) is 5.75 Å². The number of hydrogen-bond donors (Lipinski definition) is 1. The summed E-state index contributed by atoms with van der Waals surface area (Å²) in [6.45, 7) is 0.471. The summed E-state index contributed by atoms with van der Waals surface area (Å²) in [5.74, 6) is 0.312. The highest BCUT2D eigenvalue weighted by Crippen LogP contribution is 2.25. The summed E-state index contributed by atoms with van der Waals surface area (Å²) in [5, 5.41) is 9.34. The van der Waals surface area contributed by atoms with Crippen LogP contribution in [0.5, 0.6) is 5.75 Å². The van der Waals surface area contributed by atoms with E-state index in [4.69, 9.17) is 4.74 Å². The van der Waals surface area contributed by atoms with E-state index in [2.05, 4.69) is 0 Å². The average Bonchev–Trinajstić information content (AvgIpc) is 2.06. The molecule has 0 aliphatic carbocycles. The van der Waals surface area contributed by atoms with Gasteiger partial charge in [0.15, 0.2) is 0 Å². The minimum absolute atomic E-state index is 0.312. The first kappa shape index (κ1) is 6.28. The van der Waals surface area contributed by atoms with E-state index in [-0.39, 0.29) is 0 Å². The summed E-state index contributed by atoms with van der Waals surface area (Å²) in [7, 11) is 0. The monoisotopic (exact) mass is 148 g/mol. The SMILES string of the molecule is Oc1cccc2c1COC=C2. The van der Waals surface area contributed by atoms with Crippen molar-refractivity contribution in [2.45, 2.75) is 6.61 Å². The van der Waals surface area contributed by atoms with Crippen molar-refractivity contribution in [3.05, 3.63) is 35.6 Å². The van der Waals surface area contributed by atoms with Gasteiger partial charge in [0, 0.05) is 5.56 Å². The first-order chi connectivity index (χ1) is 5.38. The van der Waals surface area contributed by atoms with Crippen LogP contribution in [0.3, 0.4) is 0 Å². The molecular weight excluding hydrogens is 140 g/mol. The molecule has 0 bridgehead atoms. The van der Waals surface area contributed by atoms with E-state index < -0.39 is 0 Å². The molecule has 2 nitrogen and oxygen atoms in total. The topological polar surface area (TPSA) is 29.5 Å². The first-order valence-corrected chi connectivity index (χ1v) is 3.47. The van der Waals surface area contributed by atoms with Gasteiger partial charge >= 0.3 is 0 Å². The van der Waals surface area contributed by atoms with Crippen LogP contribution < -0.4 is 0 Å². The minimum atomic E-state index is 0.312. The maximum absolute atomic E-state index is 9.34. The van der Waals surface area contributed by atoms with Crippen molar-refractivity contribution in [1.82, 2.24) is 0 Å². The highest BCUT2D eigenvalue weighted by Gasteiger charge is 2.07. The van der Waals surface area contributed by atoms with Gasteiger partial charge in [0.2, 0.25) is 0 Å². The van der Waals surface area contributed by atoms with E-state index in [1.54, 1.807) is 12.3 Å². The summed E-state index contributed by atoms with van der Waals surface area (Å²) in [6, 6.07) is 5.44. The van der Waals surface area contributed by atoms with E-state index in [0.717, 1.165) is 11.1 Å². The molecule has 1 aromatic carbocycles. The zero-order valence-corrected chi connectivity index (χ0v) is 5.95. The molecule has 0 spiro atoms. The first-order valence-electron chi connectivity index (χ1n) is 3.47. The Kier molecular flexibility index (Phi) is 1.32. The van der Waals surface area contributed by atoms with Crippen LogP contribution in [0.4, 0.5) is 0 Å².